The van der Waals surface area contributed by atoms with Crippen LogP contribution in [-0.4, -0.2) is 29.9 Å². The van der Waals surface area contributed by atoms with E-state index >= 15 is 0 Å². The van der Waals surface area contributed by atoms with Gasteiger partial charge in [0.2, 0.25) is 10.0 Å². The number of nitro benzene ring substituents is 1. The lowest BCUT2D eigenvalue weighted by Gasteiger charge is -2.15. The number of rotatable bonds is 7. The summed E-state index contributed by atoms with van der Waals surface area (Å²) in [6, 6.07) is 11.2. The second-order valence-corrected chi connectivity index (χ2v) is 7.00. The molecule has 11 heteroatoms. The lowest BCUT2D eigenvalue weighted by Crippen LogP contribution is -2.30. The number of aromatic nitrogens is 3. The highest BCUT2D eigenvalue weighted by Gasteiger charge is 2.16. The summed E-state index contributed by atoms with van der Waals surface area (Å²) in [6.45, 7) is 2.04. The van der Waals surface area contributed by atoms with E-state index in [1.807, 2.05) is 6.07 Å². The summed E-state index contributed by atoms with van der Waals surface area (Å²) in [5, 5.41) is 10.7. The third-order valence-corrected chi connectivity index (χ3v) is 4.79. The summed E-state index contributed by atoms with van der Waals surface area (Å²) in [7, 11) is -4.14. The summed E-state index contributed by atoms with van der Waals surface area (Å²) in [4.78, 5) is 18.1. The smallest absolute Gasteiger partial charge is 0.331 e. The number of ether oxygens (including phenoxy) is 1. The van der Waals surface area contributed by atoms with Gasteiger partial charge in [-0.25, -0.2) is 13.0 Å². The fourth-order valence-corrected chi connectivity index (χ4v) is 3.17. The summed E-state index contributed by atoms with van der Waals surface area (Å²) in [6.07, 6.45) is 3.46. The van der Waals surface area contributed by atoms with Crippen LogP contribution in [0.3, 0.4) is 0 Å². The molecule has 0 N–H and O–H groups in total. The molecule has 3 rings (SSSR count). The number of non-ortho nitro benzene ring substituents is 1. The highest BCUT2D eigenvalue weighted by molar-refractivity contribution is 7.94. The zero-order valence-electron chi connectivity index (χ0n) is 14.7. The Morgan fingerprint density at radius 3 is 2.43 bits per heavy atom. The first kappa shape index (κ1) is 19.2. The van der Waals surface area contributed by atoms with E-state index in [-0.39, 0.29) is 29.0 Å². The highest BCUT2D eigenvalue weighted by atomic mass is 32.2. The lowest BCUT2D eigenvalue weighted by atomic mass is 10.3. The third-order valence-electron chi connectivity index (χ3n) is 3.49. The zero-order valence-corrected chi connectivity index (χ0v) is 15.5. The Morgan fingerprint density at radius 1 is 1.14 bits per heavy atom. The van der Waals surface area contributed by atoms with Crippen molar-refractivity contribution in [1.82, 2.24) is 9.97 Å². The van der Waals surface area contributed by atoms with Crippen molar-refractivity contribution >= 4 is 21.5 Å². The maximum absolute atomic E-state index is 12.6. The van der Waals surface area contributed by atoms with Gasteiger partial charge in [0, 0.05) is 18.2 Å². The number of sulfonamides is 1. The van der Waals surface area contributed by atoms with Gasteiger partial charge in [-0.15, -0.1) is 0 Å². The third kappa shape index (κ3) is 4.38. The molecule has 0 radical (unpaired) electrons. The van der Waals surface area contributed by atoms with Gasteiger partial charge in [0.1, 0.15) is 0 Å². The van der Waals surface area contributed by atoms with Crippen molar-refractivity contribution in [3.05, 3.63) is 75.8 Å². The Labute approximate surface area is 160 Å². The fraction of sp³-hybridized carbons (Fsp3) is 0.118. The number of benzene rings is 1. The summed E-state index contributed by atoms with van der Waals surface area (Å²) in [5.74, 6) is 0.250. The predicted molar refractivity (Wildman–Crippen MR) is 98.0 cm³/mol. The van der Waals surface area contributed by atoms with E-state index < -0.39 is 14.9 Å². The number of hydrogen-bond donors (Lipinski definition) is 0. The van der Waals surface area contributed by atoms with Gasteiger partial charge in [-0.2, -0.15) is 0 Å². The molecule has 0 aliphatic heterocycles. The van der Waals surface area contributed by atoms with E-state index in [0.29, 0.717) is 5.82 Å². The molecule has 0 saturated heterocycles. The SMILES string of the molecule is CCOc1nc([N-]S(=O)(=O)c2ccc([N+](=O)[O-])cc2)cc(-[n+]2ccccc2)n1. The topological polar surface area (TPSA) is 130 Å². The van der Waals surface area contributed by atoms with Crippen molar-refractivity contribution in [2.45, 2.75) is 11.8 Å². The van der Waals surface area contributed by atoms with E-state index in [1.54, 1.807) is 36.0 Å². The van der Waals surface area contributed by atoms with E-state index in [2.05, 4.69) is 14.7 Å². The van der Waals surface area contributed by atoms with Crippen LogP contribution < -0.4 is 9.30 Å². The number of hydrogen-bond acceptors (Lipinski definition) is 7. The molecule has 0 saturated carbocycles. The molecule has 28 heavy (non-hydrogen) atoms. The van der Waals surface area contributed by atoms with Crippen molar-refractivity contribution in [3.8, 4) is 11.8 Å². The average molecular weight is 401 g/mol. The van der Waals surface area contributed by atoms with Crippen LogP contribution in [0.4, 0.5) is 11.5 Å². The zero-order chi connectivity index (χ0) is 20.1. The molecule has 0 unspecified atom stereocenters. The Morgan fingerprint density at radius 2 is 1.82 bits per heavy atom. The van der Waals surface area contributed by atoms with Gasteiger partial charge in [0.15, 0.2) is 0 Å². The molecule has 0 aliphatic carbocycles. The molecular weight excluding hydrogens is 386 g/mol. The molecule has 3 aromatic rings. The molecule has 0 amide bonds. The van der Waals surface area contributed by atoms with Crippen LogP contribution in [0.2, 0.25) is 0 Å². The van der Waals surface area contributed by atoms with Crippen molar-refractivity contribution in [1.29, 1.82) is 0 Å². The van der Waals surface area contributed by atoms with Crippen LogP contribution in [0.1, 0.15) is 6.92 Å². The second-order valence-electron chi connectivity index (χ2n) is 5.40. The van der Waals surface area contributed by atoms with Crippen LogP contribution >= 0.6 is 0 Å². The van der Waals surface area contributed by atoms with Crippen molar-refractivity contribution in [2.75, 3.05) is 6.61 Å². The minimum Gasteiger partial charge on any atom is -0.462 e. The average Bonchev–Trinajstić information content (AvgIpc) is 2.68. The number of pyridine rings is 1. The van der Waals surface area contributed by atoms with Gasteiger partial charge in [-0.05, 0) is 42.0 Å². The molecule has 0 aliphatic rings. The van der Waals surface area contributed by atoms with Gasteiger partial charge in [0.05, 0.1) is 28.8 Å². The van der Waals surface area contributed by atoms with Gasteiger partial charge in [-0.3, -0.25) is 10.1 Å². The molecule has 144 valence electrons. The maximum Gasteiger partial charge on any atom is 0.331 e. The summed E-state index contributed by atoms with van der Waals surface area (Å²) >= 11 is 0. The lowest BCUT2D eigenvalue weighted by molar-refractivity contribution is -0.599. The Hall–Kier alpha value is -3.60. The van der Waals surface area contributed by atoms with E-state index in [0.717, 1.165) is 24.3 Å². The Bertz CT molecular complexity index is 1090. The minimum absolute atomic E-state index is 0.0194. The van der Waals surface area contributed by atoms with Crippen LogP contribution in [0.15, 0.2) is 65.8 Å². The van der Waals surface area contributed by atoms with Crippen LogP contribution in [-0.2, 0) is 10.0 Å². The Balaban J connectivity index is 1.96. The maximum atomic E-state index is 12.6. The fourth-order valence-electron chi connectivity index (χ4n) is 2.24. The van der Waals surface area contributed by atoms with Gasteiger partial charge in [0.25, 0.3) is 5.69 Å². The van der Waals surface area contributed by atoms with E-state index in [9.17, 15) is 18.5 Å². The van der Waals surface area contributed by atoms with Crippen LogP contribution in [0, 0.1) is 10.1 Å². The van der Waals surface area contributed by atoms with Crippen LogP contribution in [0.25, 0.3) is 10.5 Å². The first-order valence-corrected chi connectivity index (χ1v) is 9.54. The monoisotopic (exact) mass is 401 g/mol. The first-order chi connectivity index (χ1) is 13.4. The standard InChI is InChI=1S/C17H15N5O5S/c1-2-27-17-18-15(12-16(19-17)21-10-4-3-5-11-21)20-28(25,26)14-8-6-13(7-9-14)22(23)24/h3-12H,2H2,1H3. The molecule has 0 bridgehead atoms. The molecule has 2 heterocycles. The molecule has 0 atom stereocenters. The van der Waals surface area contributed by atoms with Crippen LogP contribution in [0.5, 0.6) is 6.01 Å². The number of nitrogens with zero attached hydrogens (tertiary/aromatic N) is 5. The van der Waals surface area contributed by atoms with Crippen molar-refractivity contribution < 1.29 is 22.6 Å². The van der Waals surface area contributed by atoms with Gasteiger partial charge in [-0.1, -0.05) is 6.07 Å². The summed E-state index contributed by atoms with van der Waals surface area (Å²) < 4.78 is 35.8. The molecule has 2 aromatic heterocycles. The van der Waals surface area contributed by atoms with E-state index in [4.69, 9.17) is 4.74 Å². The molecule has 0 spiro atoms. The molecular formula is C17H15N5O5S. The molecule has 0 fully saturated rings. The first-order valence-electron chi connectivity index (χ1n) is 8.10. The van der Waals surface area contributed by atoms with Gasteiger partial charge >= 0.3 is 11.8 Å². The second kappa shape index (κ2) is 7.96. The predicted octanol–water partition coefficient (Wildman–Crippen LogP) is 2.45. The minimum atomic E-state index is -4.14. The summed E-state index contributed by atoms with van der Waals surface area (Å²) in [5.41, 5.74) is -0.220. The van der Waals surface area contributed by atoms with E-state index in [1.165, 1.54) is 6.07 Å². The van der Waals surface area contributed by atoms with Gasteiger partial charge < -0.3 is 14.4 Å². The normalized spacial score (nSPS) is 11.0. The van der Waals surface area contributed by atoms with Crippen molar-refractivity contribution in [2.24, 2.45) is 0 Å². The number of nitro groups is 1. The van der Waals surface area contributed by atoms with Crippen molar-refractivity contribution in [3.63, 3.8) is 0 Å². The quantitative estimate of drug-likeness (QED) is 0.337. The molecule has 1 aromatic carbocycles. The largest absolute Gasteiger partial charge is 0.462 e. The Kier molecular flexibility index (Phi) is 5.45. The molecule has 10 nitrogen and oxygen atoms in total. The highest BCUT2D eigenvalue weighted by Crippen LogP contribution is 2.28.